The fourth-order valence-electron chi connectivity index (χ4n) is 2.44. The number of esters is 1. The number of ketones is 1. The van der Waals surface area contributed by atoms with Gasteiger partial charge in [0.25, 0.3) is 5.91 Å². The molecule has 0 unspecified atom stereocenters. The van der Waals surface area contributed by atoms with Crippen molar-refractivity contribution in [3.63, 3.8) is 0 Å². The van der Waals surface area contributed by atoms with E-state index in [0.717, 1.165) is 15.6 Å². The van der Waals surface area contributed by atoms with E-state index in [-0.39, 0.29) is 24.8 Å². The van der Waals surface area contributed by atoms with Crippen molar-refractivity contribution in [2.75, 3.05) is 13.2 Å². The number of hydrogen-bond donors (Lipinski definition) is 1. The predicted octanol–water partition coefficient (Wildman–Crippen LogP) is 3.37. The molecule has 0 spiro atoms. The maximum Gasteiger partial charge on any atom is 0.325 e. The van der Waals surface area contributed by atoms with E-state index in [4.69, 9.17) is 4.74 Å². The molecule has 3 aromatic rings. The van der Waals surface area contributed by atoms with Crippen molar-refractivity contribution in [3.8, 4) is 0 Å². The minimum Gasteiger partial charge on any atom is -0.456 e. The molecule has 1 amide bonds. The summed E-state index contributed by atoms with van der Waals surface area (Å²) >= 11 is 1.35. The van der Waals surface area contributed by atoms with Gasteiger partial charge in [-0.05, 0) is 42.0 Å². The molecular formula is C20H17NO4S. The molecule has 0 aliphatic carbocycles. The van der Waals surface area contributed by atoms with Gasteiger partial charge in [0, 0.05) is 10.4 Å². The summed E-state index contributed by atoms with van der Waals surface area (Å²) in [7, 11) is 0. The van der Waals surface area contributed by atoms with Crippen LogP contribution in [0.3, 0.4) is 0 Å². The lowest BCUT2D eigenvalue weighted by Crippen LogP contribution is -2.31. The largest absolute Gasteiger partial charge is 0.456 e. The second kappa shape index (κ2) is 7.93. The molecule has 2 aromatic carbocycles. The van der Waals surface area contributed by atoms with Crippen LogP contribution in [-0.2, 0) is 9.53 Å². The van der Waals surface area contributed by atoms with Crippen LogP contribution in [0.15, 0.2) is 54.6 Å². The Labute approximate surface area is 154 Å². The molecule has 0 atom stereocenters. The van der Waals surface area contributed by atoms with E-state index in [9.17, 15) is 14.4 Å². The molecule has 1 aromatic heterocycles. The van der Waals surface area contributed by atoms with E-state index in [2.05, 4.69) is 5.32 Å². The summed E-state index contributed by atoms with van der Waals surface area (Å²) < 4.78 is 4.93. The molecule has 6 heteroatoms. The highest BCUT2D eigenvalue weighted by molar-refractivity contribution is 7.14. The van der Waals surface area contributed by atoms with Gasteiger partial charge in [-0.25, -0.2) is 0 Å². The minimum absolute atomic E-state index is 0.252. The van der Waals surface area contributed by atoms with Crippen molar-refractivity contribution >= 4 is 39.8 Å². The summed E-state index contributed by atoms with van der Waals surface area (Å²) in [5, 5.41) is 4.49. The SMILES string of the molecule is Cc1ccc(C(=O)COC(=O)CNC(=O)c2ccc3ccccc3c2)s1. The maximum absolute atomic E-state index is 12.2. The van der Waals surface area contributed by atoms with Crippen LogP contribution in [0, 0.1) is 6.92 Å². The number of Topliss-reactive ketones (excluding diaryl/α,β-unsaturated/α-hetero) is 1. The van der Waals surface area contributed by atoms with Gasteiger partial charge in [-0.3, -0.25) is 14.4 Å². The molecule has 1 heterocycles. The van der Waals surface area contributed by atoms with E-state index in [1.165, 1.54) is 11.3 Å². The van der Waals surface area contributed by atoms with E-state index in [1.54, 1.807) is 18.2 Å². The summed E-state index contributed by atoms with van der Waals surface area (Å²) in [5.74, 6) is -1.27. The third kappa shape index (κ3) is 4.34. The van der Waals surface area contributed by atoms with Crippen LogP contribution in [0.5, 0.6) is 0 Å². The van der Waals surface area contributed by atoms with Crippen molar-refractivity contribution in [3.05, 3.63) is 69.9 Å². The van der Waals surface area contributed by atoms with E-state index in [0.29, 0.717) is 10.4 Å². The monoisotopic (exact) mass is 367 g/mol. The Balaban J connectivity index is 1.50. The van der Waals surface area contributed by atoms with Gasteiger partial charge in [0.1, 0.15) is 6.54 Å². The first-order valence-corrected chi connectivity index (χ1v) is 8.87. The number of thiophene rings is 1. The van der Waals surface area contributed by atoms with Crippen LogP contribution < -0.4 is 5.32 Å². The number of aryl methyl sites for hydroxylation is 1. The highest BCUT2D eigenvalue weighted by Crippen LogP contribution is 2.16. The van der Waals surface area contributed by atoms with Gasteiger partial charge in [-0.2, -0.15) is 0 Å². The highest BCUT2D eigenvalue weighted by Gasteiger charge is 2.13. The zero-order chi connectivity index (χ0) is 18.5. The van der Waals surface area contributed by atoms with Gasteiger partial charge in [0.2, 0.25) is 5.78 Å². The Morgan fingerprint density at radius 3 is 2.50 bits per heavy atom. The standard InChI is InChI=1S/C20H17NO4S/c1-13-6-9-18(26-13)17(22)12-25-19(23)11-21-20(24)16-8-7-14-4-2-3-5-15(14)10-16/h2-10H,11-12H2,1H3,(H,21,24). The Kier molecular flexibility index (Phi) is 5.43. The van der Waals surface area contributed by atoms with Crippen LogP contribution >= 0.6 is 11.3 Å². The Bertz CT molecular complexity index is 977. The number of nitrogens with one attached hydrogen (secondary N) is 1. The molecule has 0 aliphatic heterocycles. The van der Waals surface area contributed by atoms with Gasteiger partial charge in [-0.15, -0.1) is 11.3 Å². The number of carbonyl (C=O) groups is 3. The maximum atomic E-state index is 12.2. The third-order valence-corrected chi connectivity index (χ3v) is 4.83. The topological polar surface area (TPSA) is 72.5 Å². The number of ether oxygens (including phenoxy) is 1. The van der Waals surface area contributed by atoms with Crippen molar-refractivity contribution < 1.29 is 19.1 Å². The van der Waals surface area contributed by atoms with Crippen molar-refractivity contribution in [2.45, 2.75) is 6.92 Å². The highest BCUT2D eigenvalue weighted by atomic mass is 32.1. The second-order valence-electron chi connectivity index (χ2n) is 5.74. The molecule has 0 saturated carbocycles. The van der Waals surface area contributed by atoms with Crippen LogP contribution in [0.2, 0.25) is 0 Å². The molecule has 0 fully saturated rings. The summed E-state index contributed by atoms with van der Waals surface area (Å²) in [6.45, 7) is 1.28. The number of hydrogen-bond acceptors (Lipinski definition) is 5. The second-order valence-corrected chi connectivity index (χ2v) is 7.03. The van der Waals surface area contributed by atoms with Crippen molar-refractivity contribution in [1.82, 2.24) is 5.32 Å². The molecular weight excluding hydrogens is 350 g/mol. The smallest absolute Gasteiger partial charge is 0.325 e. The quantitative estimate of drug-likeness (QED) is 0.536. The molecule has 0 radical (unpaired) electrons. The number of rotatable bonds is 6. The molecule has 26 heavy (non-hydrogen) atoms. The fourth-order valence-corrected chi connectivity index (χ4v) is 3.23. The summed E-state index contributed by atoms with van der Waals surface area (Å²) in [6, 6.07) is 16.6. The molecule has 3 rings (SSSR count). The molecule has 1 N–H and O–H groups in total. The van der Waals surface area contributed by atoms with Crippen LogP contribution in [0.25, 0.3) is 10.8 Å². The fraction of sp³-hybridized carbons (Fsp3) is 0.150. The average molecular weight is 367 g/mol. The van der Waals surface area contributed by atoms with Crippen LogP contribution in [0.1, 0.15) is 24.9 Å². The summed E-state index contributed by atoms with van der Waals surface area (Å²) in [5.41, 5.74) is 0.460. The molecule has 5 nitrogen and oxygen atoms in total. The normalized spacial score (nSPS) is 10.5. The lowest BCUT2D eigenvalue weighted by Gasteiger charge is -2.07. The number of fused-ring (bicyclic) bond motifs is 1. The van der Waals surface area contributed by atoms with E-state index < -0.39 is 5.97 Å². The average Bonchev–Trinajstić information content (AvgIpc) is 3.10. The van der Waals surface area contributed by atoms with Crippen LogP contribution in [-0.4, -0.2) is 30.8 Å². The zero-order valence-electron chi connectivity index (χ0n) is 14.2. The molecule has 0 bridgehead atoms. The Morgan fingerprint density at radius 2 is 1.77 bits per heavy atom. The first kappa shape index (κ1) is 17.8. The van der Waals surface area contributed by atoms with E-state index in [1.807, 2.05) is 43.3 Å². The van der Waals surface area contributed by atoms with Gasteiger partial charge in [0.15, 0.2) is 6.61 Å². The third-order valence-electron chi connectivity index (χ3n) is 3.78. The Hall–Kier alpha value is -2.99. The van der Waals surface area contributed by atoms with Crippen LogP contribution in [0.4, 0.5) is 0 Å². The number of amides is 1. The molecule has 0 aliphatic rings. The summed E-state index contributed by atoms with van der Waals surface area (Å²) in [4.78, 5) is 37.4. The lowest BCUT2D eigenvalue weighted by atomic mass is 10.1. The molecule has 132 valence electrons. The van der Waals surface area contributed by atoms with Gasteiger partial charge >= 0.3 is 5.97 Å². The first-order valence-electron chi connectivity index (χ1n) is 8.05. The van der Waals surface area contributed by atoms with Crippen molar-refractivity contribution in [1.29, 1.82) is 0 Å². The Morgan fingerprint density at radius 1 is 1.00 bits per heavy atom. The minimum atomic E-state index is -0.652. The van der Waals surface area contributed by atoms with Gasteiger partial charge in [0.05, 0.1) is 4.88 Å². The summed E-state index contributed by atoms with van der Waals surface area (Å²) in [6.07, 6.45) is 0. The van der Waals surface area contributed by atoms with Gasteiger partial charge < -0.3 is 10.1 Å². The molecule has 0 saturated heterocycles. The zero-order valence-corrected chi connectivity index (χ0v) is 15.0. The van der Waals surface area contributed by atoms with Gasteiger partial charge in [-0.1, -0.05) is 30.3 Å². The number of carbonyl (C=O) groups excluding carboxylic acids is 3. The first-order chi connectivity index (χ1) is 12.5. The lowest BCUT2D eigenvalue weighted by molar-refractivity contribution is -0.141. The van der Waals surface area contributed by atoms with Crippen molar-refractivity contribution in [2.24, 2.45) is 0 Å². The van der Waals surface area contributed by atoms with E-state index >= 15 is 0 Å². The number of benzene rings is 2. The predicted molar refractivity (Wildman–Crippen MR) is 101 cm³/mol.